The van der Waals surface area contributed by atoms with E-state index in [1.807, 2.05) is 17.0 Å². The van der Waals surface area contributed by atoms with Gasteiger partial charge in [0.05, 0.1) is 19.2 Å². The fourth-order valence-electron chi connectivity index (χ4n) is 2.62. The highest BCUT2D eigenvalue weighted by Gasteiger charge is 2.24. The lowest BCUT2D eigenvalue weighted by molar-refractivity contribution is 0.0746. The summed E-state index contributed by atoms with van der Waals surface area (Å²) in [5.41, 5.74) is 6.06. The van der Waals surface area contributed by atoms with Gasteiger partial charge in [0.25, 0.3) is 5.91 Å². The summed E-state index contributed by atoms with van der Waals surface area (Å²) in [4.78, 5) is 20.8. The Bertz CT molecular complexity index is 688. The van der Waals surface area contributed by atoms with Crippen LogP contribution >= 0.6 is 24.8 Å². The van der Waals surface area contributed by atoms with Gasteiger partial charge in [-0.05, 0) is 12.1 Å². The molecule has 1 aliphatic heterocycles. The number of nitrogens with two attached hydrogens (primary N) is 1. The molecule has 1 amide bonds. The molecule has 2 N–H and O–H groups in total. The third kappa shape index (κ3) is 4.78. The summed E-state index contributed by atoms with van der Waals surface area (Å²) in [6.07, 6.45) is 3.20. The van der Waals surface area contributed by atoms with E-state index in [1.54, 1.807) is 19.4 Å². The van der Waals surface area contributed by atoms with Crippen molar-refractivity contribution in [1.82, 2.24) is 9.88 Å². The molecule has 25 heavy (non-hydrogen) atoms. The third-order valence-electron chi connectivity index (χ3n) is 3.95. The minimum Gasteiger partial charge on any atom is -0.497 e. The lowest BCUT2D eigenvalue weighted by Gasteiger charge is -2.35. The second kappa shape index (κ2) is 9.50. The molecule has 0 bridgehead atoms. The van der Waals surface area contributed by atoms with E-state index in [2.05, 4.69) is 9.88 Å². The number of piperazine rings is 1. The molecular formula is C16H22Cl2N4O3. The van der Waals surface area contributed by atoms with E-state index in [0.29, 0.717) is 31.0 Å². The smallest absolute Gasteiger partial charge is 0.257 e. The Morgan fingerprint density at radius 1 is 1.28 bits per heavy atom. The van der Waals surface area contributed by atoms with E-state index < -0.39 is 0 Å². The molecule has 0 aliphatic carbocycles. The molecule has 0 aromatic carbocycles. The molecule has 0 spiro atoms. The molecular weight excluding hydrogens is 367 g/mol. The van der Waals surface area contributed by atoms with Crippen LogP contribution in [0.5, 0.6) is 5.75 Å². The quantitative estimate of drug-likeness (QED) is 0.861. The van der Waals surface area contributed by atoms with Crippen LogP contribution in [0, 0.1) is 0 Å². The van der Waals surface area contributed by atoms with Gasteiger partial charge in [-0.2, -0.15) is 0 Å². The van der Waals surface area contributed by atoms with Gasteiger partial charge in [-0.1, -0.05) is 0 Å². The molecule has 138 valence electrons. The molecule has 0 saturated carbocycles. The van der Waals surface area contributed by atoms with Gasteiger partial charge in [0.15, 0.2) is 0 Å². The van der Waals surface area contributed by atoms with E-state index in [0.717, 1.165) is 24.7 Å². The Labute approximate surface area is 158 Å². The second-order valence-electron chi connectivity index (χ2n) is 5.34. The molecule has 1 saturated heterocycles. The van der Waals surface area contributed by atoms with Crippen molar-refractivity contribution >= 4 is 36.5 Å². The number of hydrogen-bond acceptors (Lipinski definition) is 6. The van der Waals surface area contributed by atoms with E-state index >= 15 is 0 Å². The maximum absolute atomic E-state index is 12.4. The lowest BCUT2D eigenvalue weighted by Crippen LogP contribution is -2.49. The van der Waals surface area contributed by atoms with Crippen molar-refractivity contribution in [2.45, 2.75) is 6.54 Å². The van der Waals surface area contributed by atoms with Crippen LogP contribution in [0.3, 0.4) is 0 Å². The Hall–Kier alpha value is -1.96. The van der Waals surface area contributed by atoms with Gasteiger partial charge in [0, 0.05) is 38.4 Å². The number of carbonyl (C=O) groups excluding carboxylic acids is 1. The third-order valence-corrected chi connectivity index (χ3v) is 3.95. The summed E-state index contributed by atoms with van der Waals surface area (Å²) < 4.78 is 10.5. The molecule has 0 atom stereocenters. The zero-order valence-electron chi connectivity index (χ0n) is 13.9. The summed E-state index contributed by atoms with van der Waals surface area (Å²) in [5, 5.41) is 0. The lowest BCUT2D eigenvalue weighted by atomic mass is 10.2. The van der Waals surface area contributed by atoms with Crippen molar-refractivity contribution in [3.8, 4) is 5.75 Å². The molecule has 2 aromatic rings. The van der Waals surface area contributed by atoms with Crippen LogP contribution in [-0.4, -0.2) is 49.1 Å². The first kappa shape index (κ1) is 21.1. The highest BCUT2D eigenvalue weighted by molar-refractivity contribution is 5.94. The first-order chi connectivity index (χ1) is 11.2. The minimum absolute atomic E-state index is 0. The summed E-state index contributed by atoms with van der Waals surface area (Å²) in [6, 6.07) is 5.43. The first-order valence-electron chi connectivity index (χ1n) is 7.53. The maximum Gasteiger partial charge on any atom is 0.257 e. The normalized spacial score (nSPS) is 13.7. The predicted molar refractivity (Wildman–Crippen MR) is 100 cm³/mol. The number of halogens is 2. The summed E-state index contributed by atoms with van der Waals surface area (Å²) in [6.45, 7) is 3.03. The Morgan fingerprint density at radius 2 is 2.00 bits per heavy atom. The Balaban J connectivity index is 0.00000156. The van der Waals surface area contributed by atoms with E-state index in [1.165, 1.54) is 6.26 Å². The zero-order valence-corrected chi connectivity index (χ0v) is 15.5. The summed E-state index contributed by atoms with van der Waals surface area (Å²) >= 11 is 0. The van der Waals surface area contributed by atoms with Gasteiger partial charge in [0.2, 0.25) is 0 Å². The predicted octanol–water partition coefficient (Wildman–Crippen LogP) is 1.95. The van der Waals surface area contributed by atoms with Crippen molar-refractivity contribution < 1.29 is 13.9 Å². The number of furan rings is 1. The SMILES string of the molecule is COc1ccnc(N2CCN(C(=O)c3coc(CN)c3)CC2)c1.Cl.Cl. The number of hydrogen-bond donors (Lipinski definition) is 1. The summed E-state index contributed by atoms with van der Waals surface area (Å²) in [5.74, 6) is 2.24. The number of amides is 1. The number of nitrogens with zero attached hydrogens (tertiary/aromatic N) is 3. The van der Waals surface area contributed by atoms with Crippen LogP contribution in [0.2, 0.25) is 0 Å². The average molecular weight is 389 g/mol. The molecule has 0 unspecified atom stereocenters. The molecule has 0 radical (unpaired) electrons. The number of aromatic nitrogens is 1. The van der Waals surface area contributed by atoms with Crippen LogP contribution in [0.4, 0.5) is 5.82 Å². The maximum atomic E-state index is 12.4. The van der Waals surface area contributed by atoms with Crippen molar-refractivity contribution in [1.29, 1.82) is 0 Å². The first-order valence-corrected chi connectivity index (χ1v) is 7.53. The largest absolute Gasteiger partial charge is 0.497 e. The number of anilines is 1. The summed E-state index contributed by atoms with van der Waals surface area (Å²) in [7, 11) is 1.64. The van der Waals surface area contributed by atoms with Crippen molar-refractivity contribution in [2.24, 2.45) is 5.73 Å². The fourth-order valence-corrected chi connectivity index (χ4v) is 2.62. The molecule has 7 nitrogen and oxygen atoms in total. The van der Waals surface area contributed by atoms with Crippen LogP contribution in [0.1, 0.15) is 16.1 Å². The van der Waals surface area contributed by atoms with E-state index in [-0.39, 0.29) is 30.7 Å². The van der Waals surface area contributed by atoms with Crippen LogP contribution in [0.15, 0.2) is 35.1 Å². The van der Waals surface area contributed by atoms with Crippen LogP contribution < -0.4 is 15.4 Å². The van der Waals surface area contributed by atoms with Gasteiger partial charge in [-0.15, -0.1) is 24.8 Å². The molecule has 1 fully saturated rings. The molecule has 2 aromatic heterocycles. The molecule has 9 heteroatoms. The number of pyridine rings is 1. The number of methoxy groups -OCH3 is 1. The topological polar surface area (TPSA) is 84.8 Å². The van der Waals surface area contributed by atoms with E-state index in [4.69, 9.17) is 14.9 Å². The monoisotopic (exact) mass is 388 g/mol. The molecule has 3 heterocycles. The van der Waals surface area contributed by atoms with Crippen molar-refractivity contribution in [2.75, 3.05) is 38.2 Å². The fraction of sp³-hybridized carbons (Fsp3) is 0.375. The van der Waals surface area contributed by atoms with E-state index in [9.17, 15) is 4.79 Å². The van der Waals surface area contributed by atoms with Crippen molar-refractivity contribution in [3.63, 3.8) is 0 Å². The van der Waals surface area contributed by atoms with Gasteiger partial charge in [-0.3, -0.25) is 4.79 Å². The van der Waals surface area contributed by atoms with Crippen LogP contribution in [-0.2, 0) is 6.54 Å². The van der Waals surface area contributed by atoms with Crippen molar-refractivity contribution in [3.05, 3.63) is 42.0 Å². The van der Waals surface area contributed by atoms with Gasteiger partial charge in [-0.25, -0.2) is 4.98 Å². The minimum atomic E-state index is -0.0216. The standard InChI is InChI=1S/C16H20N4O3.2ClH/c1-22-13-2-3-18-15(9-13)19-4-6-20(7-5-19)16(21)12-8-14(10-17)23-11-12;;/h2-3,8-9,11H,4-7,10,17H2,1H3;2*1H. The zero-order chi connectivity index (χ0) is 16.2. The Morgan fingerprint density at radius 3 is 2.60 bits per heavy atom. The highest BCUT2D eigenvalue weighted by atomic mass is 35.5. The number of ether oxygens (including phenoxy) is 1. The van der Waals surface area contributed by atoms with Crippen LogP contribution in [0.25, 0.3) is 0 Å². The second-order valence-corrected chi connectivity index (χ2v) is 5.34. The highest BCUT2D eigenvalue weighted by Crippen LogP contribution is 2.20. The van der Waals surface area contributed by atoms with Gasteiger partial charge in [0.1, 0.15) is 23.6 Å². The van der Waals surface area contributed by atoms with Gasteiger partial charge >= 0.3 is 0 Å². The average Bonchev–Trinajstić information content (AvgIpc) is 3.10. The number of carbonyl (C=O) groups is 1. The Kier molecular flexibility index (Phi) is 8.02. The number of rotatable bonds is 4. The van der Waals surface area contributed by atoms with Gasteiger partial charge < -0.3 is 24.7 Å². The molecule has 3 rings (SSSR count). The molecule has 1 aliphatic rings.